The number of likely N-dealkylation sites (N-methyl/N-ethyl adjacent to an activating group) is 1. The summed E-state index contributed by atoms with van der Waals surface area (Å²) in [6.07, 6.45) is 2.64. The van der Waals surface area contributed by atoms with Crippen LogP contribution in [0.3, 0.4) is 0 Å². The van der Waals surface area contributed by atoms with Crippen molar-refractivity contribution in [1.82, 2.24) is 4.98 Å². The van der Waals surface area contributed by atoms with Gasteiger partial charge in [0.2, 0.25) is 0 Å². The molecule has 2 unspecified atom stereocenters. The first-order chi connectivity index (χ1) is 7.59. The van der Waals surface area contributed by atoms with Crippen LogP contribution in [-0.2, 0) is 4.74 Å². The minimum Gasteiger partial charge on any atom is -0.376 e. The fraction of sp³-hybridized carbons (Fsp3) is 0.545. The van der Waals surface area contributed by atoms with Crippen molar-refractivity contribution < 1.29 is 9.13 Å². The predicted molar refractivity (Wildman–Crippen MR) is 64.1 cm³/mol. The van der Waals surface area contributed by atoms with Gasteiger partial charge in [0.05, 0.1) is 12.1 Å². The number of hydrogen-bond acceptors (Lipinski definition) is 3. The molecule has 0 amide bonds. The topological polar surface area (TPSA) is 25.4 Å². The Labute approximate surface area is 103 Å². The Hall–Kier alpha value is -0.680. The highest BCUT2D eigenvalue weighted by Crippen LogP contribution is 2.25. The predicted octanol–water partition coefficient (Wildman–Crippen LogP) is 2.60. The number of halogens is 2. The van der Waals surface area contributed by atoms with Gasteiger partial charge in [-0.3, -0.25) is 0 Å². The van der Waals surface area contributed by atoms with E-state index >= 15 is 0 Å². The first kappa shape index (κ1) is 11.8. The maximum atomic E-state index is 13.7. The summed E-state index contributed by atoms with van der Waals surface area (Å²) in [6.45, 7) is 2.74. The summed E-state index contributed by atoms with van der Waals surface area (Å²) >= 11 is 3.20. The van der Waals surface area contributed by atoms with E-state index in [2.05, 4.69) is 20.9 Å². The van der Waals surface area contributed by atoms with Gasteiger partial charge in [-0.15, -0.1) is 0 Å². The Balaban J connectivity index is 2.23. The molecular formula is C11H14BrFN2O. The number of rotatable bonds is 2. The van der Waals surface area contributed by atoms with Crippen LogP contribution in [0, 0.1) is 5.82 Å². The molecule has 1 aromatic heterocycles. The van der Waals surface area contributed by atoms with Crippen molar-refractivity contribution in [3.63, 3.8) is 0 Å². The van der Waals surface area contributed by atoms with Gasteiger partial charge < -0.3 is 9.64 Å². The van der Waals surface area contributed by atoms with Crippen molar-refractivity contribution in [2.24, 2.45) is 0 Å². The fourth-order valence-corrected chi connectivity index (χ4v) is 2.36. The van der Waals surface area contributed by atoms with E-state index < -0.39 is 0 Å². The molecule has 1 aromatic rings. The summed E-state index contributed by atoms with van der Waals surface area (Å²) in [5.41, 5.74) is 0. The lowest BCUT2D eigenvalue weighted by Crippen LogP contribution is -2.37. The number of pyridine rings is 1. The molecule has 88 valence electrons. The quantitative estimate of drug-likeness (QED) is 0.837. The zero-order valence-corrected chi connectivity index (χ0v) is 10.9. The summed E-state index contributed by atoms with van der Waals surface area (Å²) in [5.74, 6) is 0.0709. The van der Waals surface area contributed by atoms with Crippen LogP contribution in [-0.4, -0.2) is 30.8 Å². The third kappa shape index (κ3) is 2.20. The van der Waals surface area contributed by atoms with Gasteiger partial charge in [-0.05, 0) is 35.3 Å². The van der Waals surface area contributed by atoms with Crippen molar-refractivity contribution in [3.05, 3.63) is 22.6 Å². The van der Waals surface area contributed by atoms with Crippen LogP contribution in [0.1, 0.15) is 13.3 Å². The molecule has 1 aliphatic rings. The van der Waals surface area contributed by atoms with Gasteiger partial charge in [-0.1, -0.05) is 0 Å². The highest BCUT2D eigenvalue weighted by Gasteiger charge is 2.29. The fourth-order valence-electron chi connectivity index (χ4n) is 2.05. The molecule has 0 saturated carbocycles. The first-order valence-corrected chi connectivity index (χ1v) is 6.04. The largest absolute Gasteiger partial charge is 0.376 e. The first-order valence-electron chi connectivity index (χ1n) is 5.25. The van der Waals surface area contributed by atoms with E-state index in [0.29, 0.717) is 10.3 Å². The molecule has 0 spiro atoms. The van der Waals surface area contributed by atoms with Crippen LogP contribution >= 0.6 is 15.9 Å². The molecule has 0 radical (unpaired) electrons. The van der Waals surface area contributed by atoms with Crippen molar-refractivity contribution in [2.75, 3.05) is 18.6 Å². The molecule has 3 nitrogen and oxygen atoms in total. The molecule has 2 rings (SSSR count). The van der Waals surface area contributed by atoms with Crippen molar-refractivity contribution in [1.29, 1.82) is 0 Å². The van der Waals surface area contributed by atoms with Gasteiger partial charge in [0, 0.05) is 24.3 Å². The Morgan fingerprint density at radius 1 is 1.62 bits per heavy atom. The average molecular weight is 289 g/mol. The van der Waals surface area contributed by atoms with Crippen LogP contribution in [0.2, 0.25) is 0 Å². The standard InChI is InChI=1S/C11H14BrFN2O/c1-7-10(3-4-16-7)15(2)11-9(13)5-8(12)6-14-11/h5-7,10H,3-4H2,1-2H3. The lowest BCUT2D eigenvalue weighted by molar-refractivity contribution is 0.118. The van der Waals surface area contributed by atoms with Crippen molar-refractivity contribution >= 4 is 21.7 Å². The van der Waals surface area contributed by atoms with E-state index in [1.54, 1.807) is 6.20 Å². The highest BCUT2D eigenvalue weighted by atomic mass is 79.9. The Morgan fingerprint density at radius 3 is 2.94 bits per heavy atom. The Bertz CT molecular complexity index is 388. The van der Waals surface area contributed by atoms with Crippen LogP contribution in [0.15, 0.2) is 16.7 Å². The summed E-state index contributed by atoms with van der Waals surface area (Å²) < 4.78 is 19.8. The number of ether oxygens (including phenoxy) is 1. The molecule has 0 aliphatic carbocycles. The van der Waals surface area contributed by atoms with Gasteiger partial charge >= 0.3 is 0 Å². The van der Waals surface area contributed by atoms with Crippen LogP contribution in [0.4, 0.5) is 10.2 Å². The number of aromatic nitrogens is 1. The second-order valence-electron chi connectivity index (χ2n) is 4.00. The zero-order chi connectivity index (χ0) is 11.7. The van der Waals surface area contributed by atoms with E-state index in [9.17, 15) is 4.39 Å². The normalized spacial score (nSPS) is 24.8. The summed E-state index contributed by atoms with van der Waals surface area (Å²) in [4.78, 5) is 5.97. The van der Waals surface area contributed by atoms with Gasteiger partial charge in [0.15, 0.2) is 11.6 Å². The molecule has 1 aliphatic heterocycles. The minimum atomic E-state index is -0.309. The number of nitrogens with zero attached hydrogens (tertiary/aromatic N) is 2. The lowest BCUT2D eigenvalue weighted by Gasteiger charge is -2.27. The molecule has 5 heteroatoms. The van der Waals surface area contributed by atoms with Crippen LogP contribution in [0.5, 0.6) is 0 Å². The SMILES string of the molecule is CC1OCCC1N(C)c1ncc(Br)cc1F. The molecule has 2 atom stereocenters. The minimum absolute atomic E-state index is 0.120. The third-order valence-electron chi connectivity index (χ3n) is 2.96. The number of hydrogen-bond donors (Lipinski definition) is 0. The third-order valence-corrected chi connectivity index (χ3v) is 3.39. The van der Waals surface area contributed by atoms with Gasteiger partial charge in [-0.25, -0.2) is 9.37 Å². The second-order valence-corrected chi connectivity index (χ2v) is 4.92. The Kier molecular flexibility index (Phi) is 3.44. The molecule has 0 bridgehead atoms. The summed E-state index contributed by atoms with van der Waals surface area (Å²) in [5, 5.41) is 0. The lowest BCUT2D eigenvalue weighted by atomic mass is 10.1. The highest BCUT2D eigenvalue weighted by molar-refractivity contribution is 9.10. The van der Waals surface area contributed by atoms with E-state index in [4.69, 9.17) is 4.74 Å². The molecule has 0 N–H and O–H groups in total. The van der Waals surface area contributed by atoms with E-state index in [1.165, 1.54) is 6.07 Å². The van der Waals surface area contributed by atoms with Crippen LogP contribution in [0.25, 0.3) is 0 Å². The molecule has 0 aromatic carbocycles. The summed E-state index contributed by atoms with van der Waals surface area (Å²) in [7, 11) is 1.86. The van der Waals surface area contributed by atoms with E-state index in [-0.39, 0.29) is 18.0 Å². The van der Waals surface area contributed by atoms with Crippen molar-refractivity contribution in [2.45, 2.75) is 25.5 Å². The Morgan fingerprint density at radius 2 is 2.38 bits per heavy atom. The molecule has 2 heterocycles. The molecule has 1 saturated heterocycles. The van der Waals surface area contributed by atoms with Gasteiger partial charge in [-0.2, -0.15) is 0 Å². The van der Waals surface area contributed by atoms with E-state index in [1.807, 2.05) is 18.9 Å². The zero-order valence-electron chi connectivity index (χ0n) is 9.28. The smallest absolute Gasteiger partial charge is 0.166 e. The van der Waals surface area contributed by atoms with Gasteiger partial charge in [0.25, 0.3) is 0 Å². The average Bonchev–Trinajstić information content (AvgIpc) is 2.63. The van der Waals surface area contributed by atoms with Crippen molar-refractivity contribution in [3.8, 4) is 0 Å². The van der Waals surface area contributed by atoms with E-state index in [0.717, 1.165) is 13.0 Å². The molecule has 1 fully saturated rings. The maximum Gasteiger partial charge on any atom is 0.166 e. The summed E-state index contributed by atoms with van der Waals surface area (Å²) in [6, 6.07) is 1.63. The monoisotopic (exact) mass is 288 g/mol. The van der Waals surface area contributed by atoms with Crippen LogP contribution < -0.4 is 4.90 Å². The second kappa shape index (κ2) is 4.67. The number of anilines is 1. The molecule has 16 heavy (non-hydrogen) atoms. The van der Waals surface area contributed by atoms with Gasteiger partial charge in [0.1, 0.15) is 0 Å². The molecular weight excluding hydrogens is 275 g/mol. The maximum absolute atomic E-state index is 13.7.